The standard InChI is InChI=1S/C21H15ClN6O4S/c22-14-3-7-15(8-4-14)26-10-13(9-18(26)29)19(30)23-20-24-21-27(25-20)17(11-33-21)12-1-5-16(6-2-12)28(31)32/h1-8,11,13H,9-10H2,(H,23,25,30). The van der Waals surface area contributed by atoms with Gasteiger partial charge in [-0.05, 0) is 36.4 Å². The zero-order valence-corrected chi connectivity index (χ0v) is 18.4. The predicted octanol–water partition coefficient (Wildman–Crippen LogP) is 4.01. The molecule has 1 aliphatic rings. The molecular weight excluding hydrogens is 468 g/mol. The molecule has 1 aliphatic heterocycles. The number of halogens is 1. The minimum absolute atomic E-state index is 0.00415. The number of nitrogens with zero attached hydrogens (tertiary/aromatic N) is 5. The number of carbonyl (C=O) groups excluding carboxylic acids is 2. The molecule has 1 N–H and O–H groups in total. The van der Waals surface area contributed by atoms with E-state index in [9.17, 15) is 19.7 Å². The molecule has 4 aromatic rings. The molecule has 2 aromatic heterocycles. The highest BCUT2D eigenvalue weighted by Crippen LogP contribution is 2.29. The third-order valence-corrected chi connectivity index (χ3v) is 6.39. The Labute approximate surface area is 195 Å². The average Bonchev–Trinajstić information content (AvgIpc) is 3.48. The van der Waals surface area contributed by atoms with Crippen LogP contribution in [0.25, 0.3) is 16.2 Å². The lowest BCUT2D eigenvalue weighted by atomic mass is 10.1. The number of nitro benzene ring substituents is 1. The van der Waals surface area contributed by atoms with E-state index >= 15 is 0 Å². The second-order valence-corrected chi connectivity index (χ2v) is 8.70. The number of hydrogen-bond acceptors (Lipinski definition) is 7. The van der Waals surface area contributed by atoms with Crippen molar-refractivity contribution < 1.29 is 14.5 Å². The smallest absolute Gasteiger partial charge is 0.269 e. The predicted molar refractivity (Wildman–Crippen MR) is 123 cm³/mol. The monoisotopic (exact) mass is 482 g/mol. The normalized spacial score (nSPS) is 15.8. The lowest BCUT2D eigenvalue weighted by Gasteiger charge is -2.16. The summed E-state index contributed by atoms with van der Waals surface area (Å²) in [5.41, 5.74) is 2.11. The van der Waals surface area contributed by atoms with Crippen LogP contribution in [0.15, 0.2) is 53.9 Å². The molecule has 0 bridgehead atoms. The highest BCUT2D eigenvalue weighted by atomic mass is 35.5. The summed E-state index contributed by atoms with van der Waals surface area (Å²) < 4.78 is 1.57. The highest BCUT2D eigenvalue weighted by Gasteiger charge is 2.35. The van der Waals surface area contributed by atoms with Crippen molar-refractivity contribution in [1.82, 2.24) is 14.6 Å². The molecule has 3 heterocycles. The molecule has 166 valence electrons. The number of carbonyl (C=O) groups is 2. The van der Waals surface area contributed by atoms with E-state index in [1.54, 1.807) is 45.8 Å². The molecule has 33 heavy (non-hydrogen) atoms. The molecule has 0 saturated carbocycles. The molecule has 2 amide bonds. The van der Waals surface area contributed by atoms with Crippen LogP contribution in [0.2, 0.25) is 5.02 Å². The maximum absolute atomic E-state index is 12.8. The second-order valence-electron chi connectivity index (χ2n) is 7.43. The molecule has 0 aliphatic carbocycles. The molecule has 2 aromatic carbocycles. The van der Waals surface area contributed by atoms with E-state index in [2.05, 4.69) is 15.4 Å². The fraction of sp³-hybridized carbons (Fsp3) is 0.143. The molecule has 1 atom stereocenters. The van der Waals surface area contributed by atoms with Crippen LogP contribution >= 0.6 is 22.9 Å². The quantitative estimate of drug-likeness (QED) is 0.338. The first-order valence-corrected chi connectivity index (χ1v) is 11.1. The summed E-state index contributed by atoms with van der Waals surface area (Å²) in [5, 5.41) is 20.3. The third-order valence-electron chi connectivity index (χ3n) is 5.32. The van der Waals surface area contributed by atoms with Gasteiger partial charge in [-0.2, -0.15) is 4.98 Å². The Kier molecular flexibility index (Phi) is 5.27. The van der Waals surface area contributed by atoms with Crippen LogP contribution in [0, 0.1) is 16.0 Å². The number of aromatic nitrogens is 3. The van der Waals surface area contributed by atoms with Crippen LogP contribution < -0.4 is 10.2 Å². The third kappa shape index (κ3) is 4.03. The Hall–Kier alpha value is -3.83. The van der Waals surface area contributed by atoms with Gasteiger partial charge in [-0.25, -0.2) is 4.52 Å². The van der Waals surface area contributed by atoms with Gasteiger partial charge in [0.25, 0.3) is 5.69 Å². The number of amides is 2. The van der Waals surface area contributed by atoms with Crippen molar-refractivity contribution in [1.29, 1.82) is 0 Å². The molecule has 0 radical (unpaired) electrons. The van der Waals surface area contributed by atoms with E-state index < -0.39 is 10.8 Å². The first kappa shape index (κ1) is 21.0. The van der Waals surface area contributed by atoms with E-state index in [1.807, 2.05) is 5.38 Å². The number of benzene rings is 2. The van der Waals surface area contributed by atoms with Gasteiger partial charge in [0, 0.05) is 46.8 Å². The summed E-state index contributed by atoms with van der Waals surface area (Å²) in [6, 6.07) is 13.0. The van der Waals surface area contributed by atoms with Gasteiger partial charge in [0.2, 0.25) is 22.7 Å². The second kappa shape index (κ2) is 8.26. The summed E-state index contributed by atoms with van der Waals surface area (Å²) in [6.45, 7) is 0.253. The molecule has 1 saturated heterocycles. The van der Waals surface area contributed by atoms with Crippen LogP contribution in [0.3, 0.4) is 0 Å². The van der Waals surface area contributed by atoms with Gasteiger partial charge in [-0.1, -0.05) is 11.6 Å². The van der Waals surface area contributed by atoms with Crippen LogP contribution in [-0.4, -0.2) is 37.9 Å². The first-order valence-electron chi connectivity index (χ1n) is 9.85. The average molecular weight is 483 g/mol. The lowest BCUT2D eigenvalue weighted by Crippen LogP contribution is -2.28. The Morgan fingerprint density at radius 3 is 2.61 bits per heavy atom. The first-order chi connectivity index (χ1) is 15.9. The molecule has 1 unspecified atom stereocenters. The number of rotatable bonds is 5. The highest BCUT2D eigenvalue weighted by molar-refractivity contribution is 7.15. The van der Waals surface area contributed by atoms with Crippen LogP contribution in [0.1, 0.15) is 6.42 Å². The summed E-state index contributed by atoms with van der Waals surface area (Å²) in [5.74, 6) is -0.886. The Morgan fingerprint density at radius 2 is 1.91 bits per heavy atom. The molecule has 5 rings (SSSR count). The van der Waals surface area contributed by atoms with Gasteiger partial charge in [-0.15, -0.1) is 16.4 Å². The Morgan fingerprint density at radius 1 is 1.18 bits per heavy atom. The van der Waals surface area contributed by atoms with Crippen molar-refractivity contribution in [2.75, 3.05) is 16.8 Å². The van der Waals surface area contributed by atoms with Gasteiger partial charge in [0.15, 0.2) is 0 Å². The van der Waals surface area contributed by atoms with E-state index in [4.69, 9.17) is 11.6 Å². The Balaban J connectivity index is 1.31. The van der Waals surface area contributed by atoms with Crippen molar-refractivity contribution >= 4 is 57.0 Å². The van der Waals surface area contributed by atoms with Gasteiger partial charge in [0.05, 0.1) is 16.5 Å². The number of thiazole rings is 1. The number of fused-ring (bicyclic) bond motifs is 1. The van der Waals surface area contributed by atoms with E-state index in [0.717, 1.165) is 5.56 Å². The molecular formula is C21H15ClN6O4S. The number of nitro groups is 1. The number of hydrogen-bond donors (Lipinski definition) is 1. The lowest BCUT2D eigenvalue weighted by molar-refractivity contribution is -0.384. The van der Waals surface area contributed by atoms with Crippen LogP contribution in [0.5, 0.6) is 0 Å². The van der Waals surface area contributed by atoms with Crippen LogP contribution in [-0.2, 0) is 9.59 Å². The molecule has 12 heteroatoms. The summed E-state index contributed by atoms with van der Waals surface area (Å²) >= 11 is 7.24. The van der Waals surface area contributed by atoms with Gasteiger partial charge in [0.1, 0.15) is 0 Å². The fourth-order valence-corrected chi connectivity index (χ4v) is 4.61. The van der Waals surface area contributed by atoms with Crippen molar-refractivity contribution in [3.63, 3.8) is 0 Å². The minimum Gasteiger partial charge on any atom is -0.312 e. The van der Waals surface area contributed by atoms with E-state index in [1.165, 1.54) is 23.5 Å². The van der Waals surface area contributed by atoms with E-state index in [0.29, 0.717) is 21.4 Å². The topological polar surface area (TPSA) is 123 Å². The minimum atomic E-state index is -0.538. The SMILES string of the molecule is O=C(Nc1nc2scc(-c3ccc([N+](=O)[O-])cc3)n2n1)C1CC(=O)N(c2ccc(Cl)cc2)C1. The molecule has 0 spiro atoms. The largest absolute Gasteiger partial charge is 0.312 e. The van der Waals surface area contributed by atoms with Gasteiger partial charge < -0.3 is 4.90 Å². The van der Waals surface area contributed by atoms with Gasteiger partial charge in [-0.3, -0.25) is 25.0 Å². The van der Waals surface area contributed by atoms with Crippen molar-refractivity contribution in [3.05, 3.63) is 69.0 Å². The van der Waals surface area contributed by atoms with Crippen molar-refractivity contribution in [2.24, 2.45) is 5.92 Å². The maximum Gasteiger partial charge on any atom is 0.269 e. The fourth-order valence-electron chi connectivity index (χ4n) is 3.65. The summed E-state index contributed by atoms with van der Waals surface area (Å²) in [4.78, 5) is 42.1. The Bertz CT molecular complexity index is 1380. The molecule has 10 nitrogen and oxygen atoms in total. The van der Waals surface area contributed by atoms with Crippen LogP contribution in [0.4, 0.5) is 17.3 Å². The molecule has 1 fully saturated rings. The van der Waals surface area contributed by atoms with Gasteiger partial charge >= 0.3 is 0 Å². The summed E-state index contributed by atoms with van der Waals surface area (Å²) in [7, 11) is 0. The zero-order chi connectivity index (χ0) is 23.1. The van der Waals surface area contributed by atoms with Crippen molar-refractivity contribution in [2.45, 2.75) is 6.42 Å². The number of nitrogens with one attached hydrogen (secondary N) is 1. The summed E-state index contributed by atoms with van der Waals surface area (Å²) in [6.07, 6.45) is 0.0880. The van der Waals surface area contributed by atoms with Crippen molar-refractivity contribution in [3.8, 4) is 11.3 Å². The number of non-ortho nitro benzene ring substituents is 1. The maximum atomic E-state index is 12.8. The van der Waals surface area contributed by atoms with E-state index in [-0.39, 0.29) is 36.4 Å². The number of anilines is 2. The zero-order valence-electron chi connectivity index (χ0n) is 16.8.